The number of aromatic nitrogens is 3. The highest BCUT2D eigenvalue weighted by Crippen LogP contribution is 2.47. The summed E-state index contributed by atoms with van der Waals surface area (Å²) in [5, 5.41) is 0. The van der Waals surface area contributed by atoms with Gasteiger partial charge in [0.25, 0.3) is 5.91 Å². The summed E-state index contributed by atoms with van der Waals surface area (Å²) in [6.45, 7) is 8.82. The predicted octanol–water partition coefficient (Wildman–Crippen LogP) is 4.24. The molecule has 1 amide bonds. The molecule has 5 rings (SSSR count). The molecule has 0 radical (unpaired) electrons. The number of anilines is 1. The van der Waals surface area contributed by atoms with Crippen LogP contribution in [0.1, 0.15) is 47.7 Å². The van der Waals surface area contributed by atoms with Crippen LogP contribution in [0, 0.1) is 12.8 Å². The lowest BCUT2D eigenvalue weighted by atomic mass is 9.88. The standard InChI is InChI=1S/C23H27N5OS/c1-16(2)8-12-28-18-6-4-10-24-21(18)27-11-5-7-19(27)23(28)9-13-26(14-23)22(29)20-17(3)25-15-30-20/h4-7,10-11,15-16H,8-9,12-14H2,1-3H3. The Balaban J connectivity index is 1.57. The molecule has 2 aliphatic rings. The molecule has 2 aliphatic heterocycles. The molecule has 0 aromatic carbocycles. The number of hydrogen-bond donors (Lipinski definition) is 0. The van der Waals surface area contributed by atoms with Crippen molar-refractivity contribution in [3.05, 3.63) is 58.4 Å². The monoisotopic (exact) mass is 421 g/mol. The maximum Gasteiger partial charge on any atom is 0.265 e. The summed E-state index contributed by atoms with van der Waals surface area (Å²) in [4.78, 5) is 27.6. The number of fused-ring (bicyclic) bond motifs is 4. The van der Waals surface area contributed by atoms with Gasteiger partial charge in [0.1, 0.15) is 10.4 Å². The average Bonchev–Trinajstić information content (AvgIpc) is 3.47. The van der Waals surface area contributed by atoms with Crippen molar-refractivity contribution >= 4 is 22.9 Å². The van der Waals surface area contributed by atoms with Crippen LogP contribution in [-0.2, 0) is 5.54 Å². The third kappa shape index (κ3) is 2.87. The molecule has 6 nitrogen and oxygen atoms in total. The number of carbonyl (C=O) groups excluding carboxylic acids is 1. The number of nitrogens with zero attached hydrogens (tertiary/aromatic N) is 5. The molecule has 1 saturated heterocycles. The number of rotatable bonds is 4. The second-order valence-electron chi connectivity index (χ2n) is 8.72. The average molecular weight is 422 g/mol. The summed E-state index contributed by atoms with van der Waals surface area (Å²) in [5.41, 5.74) is 4.74. The van der Waals surface area contributed by atoms with Gasteiger partial charge >= 0.3 is 0 Å². The van der Waals surface area contributed by atoms with Crippen LogP contribution in [0.4, 0.5) is 5.69 Å². The van der Waals surface area contributed by atoms with E-state index in [2.05, 4.69) is 52.7 Å². The Kier molecular flexibility index (Phi) is 4.65. The molecule has 1 fully saturated rings. The van der Waals surface area contributed by atoms with Gasteiger partial charge in [-0.05, 0) is 49.9 Å². The van der Waals surface area contributed by atoms with Gasteiger partial charge in [-0.25, -0.2) is 9.97 Å². The highest BCUT2D eigenvalue weighted by molar-refractivity contribution is 7.11. The van der Waals surface area contributed by atoms with Gasteiger partial charge < -0.3 is 14.4 Å². The smallest absolute Gasteiger partial charge is 0.265 e. The zero-order valence-corrected chi connectivity index (χ0v) is 18.5. The Morgan fingerprint density at radius 2 is 2.13 bits per heavy atom. The number of amides is 1. The number of thiazole rings is 1. The van der Waals surface area contributed by atoms with Crippen LogP contribution in [0.15, 0.2) is 42.2 Å². The van der Waals surface area contributed by atoms with Gasteiger partial charge in [0, 0.05) is 32.0 Å². The molecular formula is C23H27N5OS. The van der Waals surface area contributed by atoms with Crippen molar-refractivity contribution in [2.24, 2.45) is 5.92 Å². The summed E-state index contributed by atoms with van der Waals surface area (Å²) in [6, 6.07) is 8.48. The Morgan fingerprint density at radius 1 is 1.27 bits per heavy atom. The van der Waals surface area contributed by atoms with Gasteiger partial charge in [-0.3, -0.25) is 4.79 Å². The molecule has 156 valence electrons. The third-order valence-corrected chi connectivity index (χ3v) is 7.35. The molecule has 7 heteroatoms. The van der Waals surface area contributed by atoms with Gasteiger partial charge in [-0.2, -0.15) is 0 Å². The van der Waals surface area contributed by atoms with Crippen LogP contribution >= 0.6 is 11.3 Å². The lowest BCUT2D eigenvalue weighted by molar-refractivity contribution is 0.0785. The van der Waals surface area contributed by atoms with Crippen LogP contribution in [0.3, 0.4) is 0 Å². The van der Waals surface area contributed by atoms with Crippen molar-refractivity contribution in [2.75, 3.05) is 24.5 Å². The Hall–Kier alpha value is -2.67. The van der Waals surface area contributed by atoms with Gasteiger partial charge in [-0.1, -0.05) is 13.8 Å². The van der Waals surface area contributed by atoms with E-state index in [9.17, 15) is 4.79 Å². The lowest BCUT2D eigenvalue weighted by Gasteiger charge is -2.47. The van der Waals surface area contributed by atoms with Crippen molar-refractivity contribution in [3.63, 3.8) is 0 Å². The van der Waals surface area contributed by atoms with Gasteiger partial charge in [0.2, 0.25) is 0 Å². The fraction of sp³-hybridized carbons (Fsp3) is 0.435. The molecular weight excluding hydrogens is 394 g/mol. The molecule has 0 aliphatic carbocycles. The van der Waals surface area contributed by atoms with Crippen molar-refractivity contribution in [3.8, 4) is 5.82 Å². The van der Waals surface area contributed by atoms with E-state index in [1.54, 1.807) is 5.51 Å². The second kappa shape index (κ2) is 7.23. The first-order chi connectivity index (χ1) is 14.5. The van der Waals surface area contributed by atoms with Crippen molar-refractivity contribution in [1.29, 1.82) is 0 Å². The van der Waals surface area contributed by atoms with Crippen molar-refractivity contribution in [1.82, 2.24) is 19.4 Å². The first kappa shape index (κ1) is 19.3. The zero-order chi connectivity index (χ0) is 20.9. The van der Waals surface area contributed by atoms with E-state index in [-0.39, 0.29) is 11.4 Å². The summed E-state index contributed by atoms with van der Waals surface area (Å²) in [6.07, 6.45) is 5.96. The number of hydrogen-bond acceptors (Lipinski definition) is 5. The molecule has 1 atom stereocenters. The summed E-state index contributed by atoms with van der Waals surface area (Å²) >= 11 is 1.44. The van der Waals surface area contributed by atoms with Crippen LogP contribution in [0.2, 0.25) is 0 Å². The van der Waals surface area contributed by atoms with E-state index in [1.165, 1.54) is 17.0 Å². The highest BCUT2D eigenvalue weighted by atomic mass is 32.1. The van der Waals surface area contributed by atoms with Crippen LogP contribution < -0.4 is 4.90 Å². The molecule has 0 saturated carbocycles. The summed E-state index contributed by atoms with van der Waals surface area (Å²) in [7, 11) is 0. The van der Waals surface area contributed by atoms with E-state index in [4.69, 9.17) is 4.98 Å². The largest absolute Gasteiger partial charge is 0.355 e. The first-order valence-electron chi connectivity index (χ1n) is 10.6. The number of carbonyl (C=O) groups is 1. The topological polar surface area (TPSA) is 54.3 Å². The molecule has 0 bridgehead atoms. The lowest BCUT2D eigenvalue weighted by Crippen LogP contribution is -2.53. The van der Waals surface area contributed by atoms with Crippen LogP contribution in [0.25, 0.3) is 5.82 Å². The third-order valence-electron chi connectivity index (χ3n) is 6.43. The quantitative estimate of drug-likeness (QED) is 0.632. The maximum absolute atomic E-state index is 13.3. The number of likely N-dealkylation sites (tertiary alicyclic amines) is 1. The van der Waals surface area contributed by atoms with E-state index in [0.717, 1.165) is 48.0 Å². The molecule has 1 unspecified atom stereocenters. The SMILES string of the molecule is Cc1ncsc1C(=O)N1CCC2(C1)c1cccn1-c1ncccc1N2CCC(C)C. The Bertz CT molecular complexity index is 1090. The molecule has 0 N–H and O–H groups in total. The number of aryl methyl sites for hydroxylation is 1. The molecule has 1 spiro atoms. The minimum absolute atomic E-state index is 0.103. The van der Waals surface area contributed by atoms with Gasteiger partial charge in [-0.15, -0.1) is 11.3 Å². The van der Waals surface area contributed by atoms with E-state index < -0.39 is 0 Å². The maximum atomic E-state index is 13.3. The van der Waals surface area contributed by atoms with Gasteiger partial charge in [0.15, 0.2) is 5.82 Å². The van der Waals surface area contributed by atoms with Crippen molar-refractivity contribution in [2.45, 2.75) is 39.2 Å². The van der Waals surface area contributed by atoms with Crippen molar-refractivity contribution < 1.29 is 4.79 Å². The van der Waals surface area contributed by atoms with Crippen LogP contribution in [-0.4, -0.2) is 45.0 Å². The fourth-order valence-corrected chi connectivity index (χ4v) is 5.64. The fourth-order valence-electron chi connectivity index (χ4n) is 4.87. The highest BCUT2D eigenvalue weighted by Gasteiger charge is 2.50. The predicted molar refractivity (Wildman–Crippen MR) is 119 cm³/mol. The minimum Gasteiger partial charge on any atom is -0.355 e. The molecule has 3 aromatic heterocycles. The normalized spacial score (nSPS) is 20.1. The molecule has 30 heavy (non-hydrogen) atoms. The second-order valence-corrected chi connectivity index (χ2v) is 9.57. The van der Waals surface area contributed by atoms with E-state index in [0.29, 0.717) is 12.5 Å². The minimum atomic E-state index is -0.233. The first-order valence-corrected chi connectivity index (χ1v) is 11.5. The molecule has 5 heterocycles. The zero-order valence-electron chi connectivity index (χ0n) is 17.7. The van der Waals surface area contributed by atoms with E-state index >= 15 is 0 Å². The number of pyridine rings is 1. The van der Waals surface area contributed by atoms with Gasteiger partial charge in [0.05, 0.1) is 22.6 Å². The summed E-state index contributed by atoms with van der Waals surface area (Å²) < 4.78 is 2.22. The molecule has 3 aromatic rings. The van der Waals surface area contributed by atoms with Crippen LogP contribution in [0.5, 0.6) is 0 Å². The summed E-state index contributed by atoms with van der Waals surface area (Å²) in [5.74, 6) is 1.69. The van der Waals surface area contributed by atoms with E-state index in [1.807, 2.05) is 24.1 Å². The Morgan fingerprint density at radius 3 is 2.90 bits per heavy atom. The Labute approximate surface area is 181 Å².